The number of allylic oxidation sites excluding steroid dienone is 2. The van der Waals surface area contributed by atoms with E-state index in [4.69, 9.17) is 0 Å². The summed E-state index contributed by atoms with van der Waals surface area (Å²) in [6.45, 7) is 5.36. The van der Waals surface area contributed by atoms with Gasteiger partial charge in [0.15, 0.2) is 18.9 Å². The Balaban J connectivity index is 2.24. The summed E-state index contributed by atoms with van der Waals surface area (Å²) < 4.78 is 2.21. The first-order valence-electron chi connectivity index (χ1n) is 5.93. The van der Waals surface area contributed by atoms with Gasteiger partial charge in [-0.3, -0.25) is 0 Å². The molecule has 0 aromatic carbocycles. The van der Waals surface area contributed by atoms with Gasteiger partial charge in [-0.05, 0) is 31.9 Å². The highest BCUT2D eigenvalue weighted by Crippen LogP contribution is 1.99. The summed E-state index contributed by atoms with van der Waals surface area (Å²) in [5, 5.41) is 0. The van der Waals surface area contributed by atoms with Crippen LogP contribution in [0, 0.1) is 6.92 Å². The molecule has 1 rings (SSSR count). The topological polar surface area (TPSA) is 3.88 Å². The molecule has 0 aliphatic rings. The molecule has 0 atom stereocenters. The van der Waals surface area contributed by atoms with Crippen LogP contribution in [-0.4, -0.2) is 0 Å². The molecule has 0 saturated carbocycles. The number of nitrogens with zero attached hydrogens (tertiary/aromatic N) is 1. The van der Waals surface area contributed by atoms with E-state index in [2.05, 4.69) is 55.1 Å². The van der Waals surface area contributed by atoms with Crippen molar-refractivity contribution in [3.8, 4) is 0 Å². The van der Waals surface area contributed by atoms with Crippen LogP contribution < -0.4 is 4.57 Å². The molecule has 0 aliphatic carbocycles. The minimum Gasteiger partial charge on any atom is -0.201 e. The minimum absolute atomic E-state index is 0.994. The number of rotatable bonds is 6. The van der Waals surface area contributed by atoms with Crippen LogP contribution in [0.2, 0.25) is 0 Å². The molecule has 15 heavy (non-hydrogen) atoms. The van der Waals surface area contributed by atoms with Crippen molar-refractivity contribution in [1.82, 2.24) is 0 Å². The minimum atomic E-state index is 0.994. The second kappa shape index (κ2) is 7.22. The highest BCUT2D eigenvalue weighted by atomic mass is 14.9. The largest absolute Gasteiger partial charge is 0.201 e. The predicted molar refractivity (Wildman–Crippen MR) is 64.7 cm³/mol. The Morgan fingerprint density at radius 3 is 2.87 bits per heavy atom. The molecular weight excluding hydrogens is 182 g/mol. The maximum atomic E-state index is 2.30. The molecule has 0 N–H and O–H groups in total. The summed E-state index contributed by atoms with van der Waals surface area (Å²) in [6.07, 6.45) is 14.0. The van der Waals surface area contributed by atoms with Gasteiger partial charge >= 0.3 is 0 Å². The summed E-state index contributed by atoms with van der Waals surface area (Å²) in [4.78, 5) is 0. The molecule has 0 unspecified atom stereocenters. The second-order valence-corrected chi connectivity index (χ2v) is 4.05. The van der Waals surface area contributed by atoms with Crippen molar-refractivity contribution in [3.63, 3.8) is 0 Å². The fraction of sp³-hybridized carbons (Fsp3) is 0.500. The van der Waals surface area contributed by atoms with Gasteiger partial charge in [-0.15, -0.1) is 0 Å². The molecule has 0 aliphatic heterocycles. The van der Waals surface area contributed by atoms with Crippen LogP contribution in [0.1, 0.15) is 38.2 Å². The maximum Gasteiger partial charge on any atom is 0.172 e. The smallest absolute Gasteiger partial charge is 0.172 e. The third-order valence-electron chi connectivity index (χ3n) is 2.46. The molecule has 0 spiro atoms. The SMILES string of the molecule is CCCCCC=CC[n+]1cccc(C)c1. The summed E-state index contributed by atoms with van der Waals surface area (Å²) in [7, 11) is 0. The second-order valence-electron chi connectivity index (χ2n) is 4.05. The zero-order valence-corrected chi connectivity index (χ0v) is 9.95. The molecule has 1 aromatic rings. The lowest BCUT2D eigenvalue weighted by atomic mass is 10.2. The van der Waals surface area contributed by atoms with Crippen LogP contribution in [-0.2, 0) is 6.54 Å². The lowest BCUT2D eigenvalue weighted by Gasteiger charge is -1.93. The molecule has 0 bridgehead atoms. The van der Waals surface area contributed by atoms with E-state index in [0.29, 0.717) is 0 Å². The Labute approximate surface area is 93.5 Å². The van der Waals surface area contributed by atoms with Crippen LogP contribution in [0.4, 0.5) is 0 Å². The van der Waals surface area contributed by atoms with Gasteiger partial charge in [0.05, 0.1) is 0 Å². The summed E-state index contributed by atoms with van der Waals surface area (Å²) in [5.74, 6) is 0. The zero-order chi connectivity index (χ0) is 10.9. The van der Waals surface area contributed by atoms with E-state index in [1.165, 1.54) is 31.2 Å². The van der Waals surface area contributed by atoms with Gasteiger partial charge < -0.3 is 0 Å². The summed E-state index contributed by atoms with van der Waals surface area (Å²) in [6, 6.07) is 4.22. The lowest BCUT2D eigenvalue weighted by molar-refractivity contribution is -0.687. The first-order chi connectivity index (χ1) is 7.33. The van der Waals surface area contributed by atoms with Crippen molar-refractivity contribution in [2.45, 2.75) is 46.1 Å². The highest BCUT2D eigenvalue weighted by Gasteiger charge is 1.95. The molecule has 82 valence electrons. The van der Waals surface area contributed by atoms with E-state index in [1.54, 1.807) is 0 Å². The van der Waals surface area contributed by atoms with Gasteiger partial charge in [0.2, 0.25) is 0 Å². The van der Waals surface area contributed by atoms with Crippen molar-refractivity contribution < 1.29 is 4.57 Å². The van der Waals surface area contributed by atoms with Crippen LogP contribution in [0.15, 0.2) is 36.7 Å². The molecule has 0 fully saturated rings. The first-order valence-corrected chi connectivity index (χ1v) is 5.93. The number of pyridine rings is 1. The molecule has 0 amide bonds. The highest BCUT2D eigenvalue weighted by molar-refractivity contribution is 5.01. The van der Waals surface area contributed by atoms with Crippen LogP contribution in [0.25, 0.3) is 0 Å². The first kappa shape index (κ1) is 12.0. The zero-order valence-electron chi connectivity index (χ0n) is 9.95. The van der Waals surface area contributed by atoms with E-state index in [9.17, 15) is 0 Å². The summed E-state index contributed by atoms with van der Waals surface area (Å²) in [5.41, 5.74) is 1.32. The fourth-order valence-electron chi connectivity index (χ4n) is 1.59. The molecule has 1 aromatic heterocycles. The van der Waals surface area contributed by atoms with Gasteiger partial charge in [-0.2, -0.15) is 0 Å². The Bertz CT molecular complexity index is 302. The summed E-state index contributed by atoms with van der Waals surface area (Å²) >= 11 is 0. The van der Waals surface area contributed by atoms with Crippen molar-refractivity contribution in [2.75, 3.05) is 0 Å². The maximum absolute atomic E-state index is 2.30. The van der Waals surface area contributed by atoms with E-state index in [0.717, 1.165) is 6.54 Å². The predicted octanol–water partition coefficient (Wildman–Crippen LogP) is 3.42. The standard InChI is InChI=1S/C14H22N/c1-3-4-5-6-7-8-11-15-12-9-10-14(2)13-15/h7-10,12-13H,3-6,11H2,1-2H3/q+1. The van der Waals surface area contributed by atoms with Gasteiger partial charge in [0, 0.05) is 11.6 Å². The fourth-order valence-corrected chi connectivity index (χ4v) is 1.59. The quantitative estimate of drug-likeness (QED) is 0.380. The Morgan fingerprint density at radius 2 is 2.13 bits per heavy atom. The lowest BCUT2D eigenvalue weighted by Crippen LogP contribution is -2.31. The Hall–Kier alpha value is -1.11. The average molecular weight is 204 g/mol. The van der Waals surface area contributed by atoms with E-state index < -0.39 is 0 Å². The van der Waals surface area contributed by atoms with Crippen LogP contribution in [0.5, 0.6) is 0 Å². The van der Waals surface area contributed by atoms with Crippen LogP contribution >= 0.6 is 0 Å². The average Bonchev–Trinajstić information content (AvgIpc) is 2.23. The molecule has 1 nitrogen and oxygen atoms in total. The van der Waals surface area contributed by atoms with Crippen molar-refractivity contribution in [2.24, 2.45) is 0 Å². The molecule has 1 heteroatoms. The van der Waals surface area contributed by atoms with Gasteiger partial charge in [0.25, 0.3) is 0 Å². The van der Waals surface area contributed by atoms with E-state index in [-0.39, 0.29) is 0 Å². The number of hydrogen-bond acceptors (Lipinski definition) is 0. The van der Waals surface area contributed by atoms with E-state index in [1.807, 2.05) is 0 Å². The number of aryl methyl sites for hydroxylation is 1. The monoisotopic (exact) mass is 204 g/mol. The molecule has 0 saturated heterocycles. The normalized spacial score (nSPS) is 11.1. The number of aromatic nitrogens is 1. The Morgan fingerprint density at radius 1 is 1.27 bits per heavy atom. The molecule has 1 heterocycles. The van der Waals surface area contributed by atoms with E-state index >= 15 is 0 Å². The molecule has 0 radical (unpaired) electrons. The third-order valence-corrected chi connectivity index (χ3v) is 2.46. The Kier molecular flexibility index (Phi) is 5.76. The third kappa shape index (κ3) is 5.36. The van der Waals surface area contributed by atoms with Gasteiger partial charge in [-0.1, -0.05) is 25.8 Å². The molecular formula is C14H22N+. The van der Waals surface area contributed by atoms with Gasteiger partial charge in [0.1, 0.15) is 0 Å². The number of unbranched alkanes of at least 4 members (excludes halogenated alkanes) is 3. The van der Waals surface area contributed by atoms with Crippen molar-refractivity contribution >= 4 is 0 Å². The van der Waals surface area contributed by atoms with Gasteiger partial charge in [-0.25, -0.2) is 4.57 Å². The van der Waals surface area contributed by atoms with Crippen LogP contribution in [0.3, 0.4) is 0 Å². The number of hydrogen-bond donors (Lipinski definition) is 0. The van der Waals surface area contributed by atoms with Crippen molar-refractivity contribution in [1.29, 1.82) is 0 Å². The van der Waals surface area contributed by atoms with Crippen molar-refractivity contribution in [3.05, 3.63) is 42.2 Å².